The van der Waals surface area contributed by atoms with Crippen LogP contribution >= 0.6 is 0 Å². The van der Waals surface area contributed by atoms with E-state index in [-0.39, 0.29) is 37.2 Å². The van der Waals surface area contributed by atoms with Crippen molar-refractivity contribution in [2.75, 3.05) is 6.61 Å². The number of carboxylic acid groups (broad SMARTS) is 1. The van der Waals surface area contributed by atoms with Crippen molar-refractivity contribution >= 4 is 23.6 Å². The summed E-state index contributed by atoms with van der Waals surface area (Å²) >= 11 is 0. The Morgan fingerprint density at radius 1 is 1.17 bits per heavy atom. The lowest BCUT2D eigenvalue weighted by atomic mass is 9.98. The molecule has 2 aliphatic rings. The fourth-order valence-corrected chi connectivity index (χ4v) is 5.37. The monoisotopic (exact) mass is 570 g/mol. The Balaban J connectivity index is 0.000000309. The van der Waals surface area contributed by atoms with Crippen LogP contribution in [0.25, 0.3) is 5.78 Å². The van der Waals surface area contributed by atoms with Crippen LogP contribution in [0, 0.1) is 6.92 Å². The van der Waals surface area contributed by atoms with Crippen molar-refractivity contribution in [1.82, 2.24) is 24.9 Å². The summed E-state index contributed by atoms with van der Waals surface area (Å²) < 4.78 is 6.33. The van der Waals surface area contributed by atoms with Gasteiger partial charge in [0.2, 0.25) is 0 Å². The highest BCUT2D eigenvalue weighted by molar-refractivity contribution is 5.96. The molecule has 0 spiro atoms. The van der Waals surface area contributed by atoms with Crippen LogP contribution in [-0.4, -0.2) is 49.1 Å². The maximum Gasteiger partial charge on any atom is 0.354 e. The number of carbonyl (C=O) groups is 3. The van der Waals surface area contributed by atoms with Gasteiger partial charge in [0.1, 0.15) is 18.6 Å². The molecule has 0 fully saturated rings. The second-order valence-electron chi connectivity index (χ2n) is 9.91. The van der Waals surface area contributed by atoms with Crippen LogP contribution in [0.3, 0.4) is 0 Å². The summed E-state index contributed by atoms with van der Waals surface area (Å²) in [6.45, 7) is 5.53. The van der Waals surface area contributed by atoms with E-state index in [1.165, 1.54) is 34.1 Å². The molecule has 4 N–H and O–H groups in total. The zero-order valence-corrected chi connectivity index (χ0v) is 22.5. The molecule has 0 radical (unpaired) electrons. The summed E-state index contributed by atoms with van der Waals surface area (Å²) in [6, 6.07) is 13.1. The van der Waals surface area contributed by atoms with Gasteiger partial charge in [-0.05, 0) is 66.5 Å². The van der Waals surface area contributed by atoms with Gasteiger partial charge in [-0.3, -0.25) is 4.79 Å². The number of nitrogens with two attached hydrogens (primary N) is 1. The predicted octanol–water partition coefficient (Wildman–Crippen LogP) is 4.16. The summed E-state index contributed by atoms with van der Waals surface area (Å²) in [6.07, 6.45) is 6.32. The Morgan fingerprint density at radius 2 is 1.95 bits per heavy atom. The van der Waals surface area contributed by atoms with Crippen molar-refractivity contribution in [3.63, 3.8) is 0 Å². The quantitative estimate of drug-likeness (QED) is 0.228. The molecule has 2 aromatic heterocycles. The number of hydrogen-bond donors (Lipinski definition) is 3. The van der Waals surface area contributed by atoms with Crippen LogP contribution in [0.2, 0.25) is 0 Å². The molecule has 2 aromatic carbocycles. The maximum atomic E-state index is 13.0. The van der Waals surface area contributed by atoms with E-state index >= 15 is 0 Å². The molecule has 0 aliphatic heterocycles. The van der Waals surface area contributed by atoms with Gasteiger partial charge in [0.05, 0.1) is 11.6 Å². The third-order valence-corrected chi connectivity index (χ3v) is 7.43. The van der Waals surface area contributed by atoms with Gasteiger partial charge in [0, 0.05) is 12.1 Å². The normalized spacial score (nSPS) is 16.3. The highest BCUT2D eigenvalue weighted by Gasteiger charge is 2.29. The molecule has 4 aromatic rings. The number of nitrogens with zero attached hydrogens (tertiary/aromatic N) is 4. The summed E-state index contributed by atoms with van der Waals surface area (Å²) in [5, 5.41) is 16.2. The number of carbonyl (C=O) groups excluding carboxylic acids is 2. The molecule has 6 rings (SSSR count). The molecular weight excluding hydrogens is 536 g/mol. The number of aromatic nitrogens is 4. The largest absolute Gasteiger partial charge is 0.477 e. The highest BCUT2D eigenvalue weighted by Crippen LogP contribution is 2.35. The number of nitrogens with one attached hydrogen (secondary N) is 1. The Labute approximate surface area is 243 Å². The van der Waals surface area contributed by atoms with Crippen molar-refractivity contribution in [3.8, 4) is 0 Å². The van der Waals surface area contributed by atoms with Gasteiger partial charge in [-0.15, -0.1) is 0 Å². The minimum absolute atomic E-state index is 0. The first-order valence-corrected chi connectivity index (χ1v) is 13.3. The Bertz CT molecular complexity index is 1660. The predicted molar refractivity (Wildman–Crippen MR) is 156 cm³/mol. The standard InChI is InChI=1S/C21H19N5O5.C9H11N.CH4/c1-3-8-31-20(30)13-4-5-14-12(11(13)2)6-7-15(14)24-18(27)17-9-16(19(28)29)25-21-22-10-23-26(17)21;10-9-6-5-7-3-1-2-4-8(7)9;/h3-5,9-10,15H,1,6-8H2,2H3,(H,24,27)(H,28,29);1-4,9H,5-6,10H2;1H4/t15-;9-;/m01./s1. The summed E-state index contributed by atoms with van der Waals surface area (Å²) in [4.78, 5) is 44.3. The lowest BCUT2D eigenvalue weighted by Gasteiger charge is -2.16. The lowest BCUT2D eigenvalue weighted by Crippen LogP contribution is -2.29. The minimum atomic E-state index is -1.27. The second-order valence-corrected chi connectivity index (χ2v) is 9.91. The van der Waals surface area contributed by atoms with Gasteiger partial charge in [-0.2, -0.15) is 14.6 Å². The van der Waals surface area contributed by atoms with Crippen molar-refractivity contribution in [1.29, 1.82) is 0 Å². The fourth-order valence-electron chi connectivity index (χ4n) is 5.37. The number of fused-ring (bicyclic) bond motifs is 3. The number of benzene rings is 2. The molecule has 42 heavy (non-hydrogen) atoms. The van der Waals surface area contributed by atoms with Crippen molar-refractivity contribution in [2.45, 2.75) is 52.1 Å². The van der Waals surface area contributed by atoms with Crippen LogP contribution < -0.4 is 11.1 Å². The third-order valence-electron chi connectivity index (χ3n) is 7.43. The van der Waals surface area contributed by atoms with E-state index in [0.717, 1.165) is 29.5 Å². The molecule has 0 saturated heterocycles. The van der Waals surface area contributed by atoms with Gasteiger partial charge in [-0.25, -0.2) is 14.6 Å². The Morgan fingerprint density at radius 3 is 2.69 bits per heavy atom. The van der Waals surface area contributed by atoms with E-state index in [9.17, 15) is 19.5 Å². The molecule has 218 valence electrons. The van der Waals surface area contributed by atoms with Crippen LogP contribution in [-0.2, 0) is 17.6 Å². The molecule has 1 amide bonds. The Kier molecular flexibility index (Phi) is 9.12. The Hall–Kier alpha value is -4.90. The van der Waals surface area contributed by atoms with Gasteiger partial charge in [-0.1, -0.05) is 50.4 Å². The van der Waals surface area contributed by atoms with Crippen LogP contribution in [0.5, 0.6) is 0 Å². The number of carboxylic acids is 1. The van der Waals surface area contributed by atoms with Gasteiger partial charge >= 0.3 is 11.9 Å². The fraction of sp³-hybridized carbons (Fsp3) is 0.290. The number of rotatable bonds is 6. The molecule has 0 saturated carbocycles. The molecule has 2 atom stereocenters. The van der Waals surface area contributed by atoms with E-state index in [0.29, 0.717) is 24.4 Å². The zero-order chi connectivity index (χ0) is 29.1. The number of ether oxygens (including phenoxy) is 1. The van der Waals surface area contributed by atoms with Crippen LogP contribution in [0.4, 0.5) is 0 Å². The summed E-state index contributed by atoms with van der Waals surface area (Å²) in [7, 11) is 0. The molecule has 11 nitrogen and oxygen atoms in total. The van der Waals surface area contributed by atoms with Crippen LogP contribution in [0.15, 0.2) is 61.4 Å². The SMILES string of the molecule is C.C=CCOC(=O)c1ccc2c(c1C)CC[C@@H]2NC(=O)c1cc(C(=O)O)nc2ncnn12.N[C@@H]1CCc2ccccc21. The van der Waals surface area contributed by atoms with E-state index in [1.807, 2.05) is 13.0 Å². The first-order chi connectivity index (χ1) is 19.8. The van der Waals surface area contributed by atoms with E-state index in [1.54, 1.807) is 6.07 Å². The lowest BCUT2D eigenvalue weighted by molar-refractivity contribution is 0.0548. The first kappa shape index (κ1) is 30.1. The van der Waals surface area contributed by atoms with Crippen molar-refractivity contribution in [3.05, 3.63) is 106 Å². The number of aryl methyl sites for hydroxylation is 1. The molecule has 0 bridgehead atoms. The van der Waals surface area contributed by atoms with Gasteiger partial charge < -0.3 is 20.9 Å². The molecule has 2 aliphatic carbocycles. The third kappa shape index (κ3) is 5.91. The second kappa shape index (κ2) is 12.7. The number of aromatic carboxylic acids is 1. The summed E-state index contributed by atoms with van der Waals surface area (Å²) in [5.74, 6) is -2.16. The van der Waals surface area contributed by atoms with Crippen LogP contribution in [0.1, 0.15) is 91.5 Å². The minimum Gasteiger partial charge on any atom is -0.477 e. The van der Waals surface area contributed by atoms with Crippen molar-refractivity contribution in [2.24, 2.45) is 5.73 Å². The smallest absolute Gasteiger partial charge is 0.354 e. The average molecular weight is 571 g/mol. The number of amides is 1. The maximum absolute atomic E-state index is 13.0. The number of hydrogen-bond acceptors (Lipinski definition) is 8. The molecule has 2 heterocycles. The van der Waals surface area contributed by atoms with Gasteiger partial charge in [0.15, 0.2) is 5.69 Å². The summed E-state index contributed by atoms with van der Waals surface area (Å²) in [5.41, 5.74) is 11.6. The highest BCUT2D eigenvalue weighted by atomic mass is 16.5. The van der Waals surface area contributed by atoms with Crippen molar-refractivity contribution < 1.29 is 24.2 Å². The zero-order valence-electron chi connectivity index (χ0n) is 22.5. The number of esters is 1. The molecular formula is C31H34N6O5. The average Bonchev–Trinajstić information content (AvgIpc) is 3.71. The topological polar surface area (TPSA) is 162 Å². The van der Waals surface area contributed by atoms with E-state index in [4.69, 9.17) is 10.5 Å². The molecule has 0 unspecified atom stereocenters. The first-order valence-electron chi connectivity index (χ1n) is 13.3. The van der Waals surface area contributed by atoms with E-state index < -0.39 is 17.8 Å². The molecule has 11 heteroatoms. The van der Waals surface area contributed by atoms with E-state index in [2.05, 4.69) is 51.2 Å². The van der Waals surface area contributed by atoms with Gasteiger partial charge in [0.25, 0.3) is 11.7 Å².